The van der Waals surface area contributed by atoms with E-state index in [0.717, 1.165) is 0 Å². The third-order valence-corrected chi connectivity index (χ3v) is 5.65. The van der Waals surface area contributed by atoms with Gasteiger partial charge in [0.05, 0.1) is 18.1 Å². The average molecular weight is 373 g/mol. The lowest BCUT2D eigenvalue weighted by molar-refractivity contribution is -0.156. The Kier molecular flexibility index (Phi) is 4.71. The number of nitriles is 1. The molecule has 0 aliphatic carbocycles. The number of aliphatic hydroxyl groups is 1. The first-order valence-electron chi connectivity index (χ1n) is 7.77. The first-order valence-corrected chi connectivity index (χ1v) is 8.65. The topological polar surface area (TPSA) is 131 Å². The normalized spacial score (nSPS) is 22.3. The summed E-state index contributed by atoms with van der Waals surface area (Å²) in [5.41, 5.74) is 0.796. The van der Waals surface area contributed by atoms with Crippen LogP contribution in [0.25, 0.3) is 4.91 Å². The van der Waals surface area contributed by atoms with E-state index < -0.39 is 35.2 Å². The van der Waals surface area contributed by atoms with Gasteiger partial charge in [0.2, 0.25) is 5.91 Å². The molecule has 1 saturated heterocycles. The molecule has 2 aliphatic heterocycles. The summed E-state index contributed by atoms with van der Waals surface area (Å²) in [6.07, 6.45) is -0.864. The second kappa shape index (κ2) is 6.82. The van der Waals surface area contributed by atoms with Crippen molar-refractivity contribution in [3.63, 3.8) is 0 Å². The van der Waals surface area contributed by atoms with Gasteiger partial charge in [-0.25, -0.2) is 4.79 Å². The Bertz CT molecular complexity index is 856. The van der Waals surface area contributed by atoms with Crippen LogP contribution in [-0.4, -0.2) is 50.9 Å². The van der Waals surface area contributed by atoms with Crippen molar-refractivity contribution in [3.05, 3.63) is 41.1 Å². The number of fused-ring (bicyclic) bond motifs is 1. The van der Waals surface area contributed by atoms with Gasteiger partial charge in [-0.1, -0.05) is 23.9 Å². The van der Waals surface area contributed by atoms with E-state index in [9.17, 15) is 24.6 Å². The molecule has 9 heteroatoms. The molecule has 0 radical (unpaired) electrons. The van der Waals surface area contributed by atoms with E-state index >= 15 is 0 Å². The van der Waals surface area contributed by atoms with Gasteiger partial charge in [0.1, 0.15) is 17.6 Å². The Morgan fingerprint density at radius 2 is 2.04 bits per heavy atom. The lowest BCUT2D eigenvalue weighted by Gasteiger charge is -2.43. The Labute approximate surface area is 153 Å². The van der Waals surface area contributed by atoms with Crippen molar-refractivity contribution in [1.29, 1.82) is 5.26 Å². The number of β-lactam (4-membered cyclic amide) rings is 1. The summed E-state index contributed by atoms with van der Waals surface area (Å²) in [5.74, 6) is -2.67. The Morgan fingerprint density at radius 1 is 1.38 bits per heavy atom. The number of amides is 2. The predicted octanol–water partition coefficient (Wildman–Crippen LogP) is 0.605. The summed E-state index contributed by atoms with van der Waals surface area (Å²) in [7, 11) is 0. The number of aliphatic carboxylic acids is 1. The number of aliphatic hydroxyl groups excluding tert-OH is 1. The number of carbonyl (C=O) groups excluding carboxylic acids is 2. The van der Waals surface area contributed by atoms with Crippen LogP contribution < -0.4 is 5.32 Å². The Hall–Kier alpha value is -2.83. The minimum Gasteiger partial charge on any atom is -0.477 e. The second-order valence-electron chi connectivity index (χ2n) is 5.88. The first kappa shape index (κ1) is 18.0. The standard InChI is InChI=1S/C17H15N3O5S/c1-8(21)11-15(23)20-12(17(24)25)13(26-16(11)20)9-2-4-10(5-3-9)14(22)19-7-6-18/h2-5,8,11,16,21H,7H2,1H3,(H,19,22)(H,24,25)/t8-,11+,16-/m1/s1. The van der Waals surface area contributed by atoms with Crippen LogP contribution in [0.3, 0.4) is 0 Å². The maximum atomic E-state index is 12.2. The van der Waals surface area contributed by atoms with Crippen LogP contribution >= 0.6 is 11.8 Å². The molecule has 26 heavy (non-hydrogen) atoms. The molecule has 1 fully saturated rings. The fourth-order valence-electron chi connectivity index (χ4n) is 2.98. The zero-order valence-electron chi connectivity index (χ0n) is 13.7. The van der Waals surface area contributed by atoms with Gasteiger partial charge in [0.25, 0.3) is 5.91 Å². The summed E-state index contributed by atoms with van der Waals surface area (Å²) in [4.78, 5) is 37.3. The fraction of sp³-hybridized carbons (Fsp3) is 0.294. The van der Waals surface area contributed by atoms with Crippen LogP contribution in [0.4, 0.5) is 0 Å². The zero-order valence-corrected chi connectivity index (χ0v) is 14.5. The van der Waals surface area contributed by atoms with E-state index in [-0.39, 0.29) is 12.2 Å². The SMILES string of the molecule is C[C@@H](O)[C@H]1C(=O)N2C(C(=O)O)=C(c3ccc(C(=O)NCC#N)cc3)S[C@H]12. The number of carboxylic acid groups (broad SMARTS) is 1. The molecule has 0 bridgehead atoms. The van der Waals surface area contributed by atoms with E-state index in [4.69, 9.17) is 5.26 Å². The number of nitrogens with zero attached hydrogens (tertiary/aromatic N) is 2. The van der Waals surface area contributed by atoms with Crippen molar-refractivity contribution in [2.24, 2.45) is 5.92 Å². The molecule has 3 atom stereocenters. The van der Waals surface area contributed by atoms with E-state index in [1.807, 2.05) is 6.07 Å². The Morgan fingerprint density at radius 3 is 2.58 bits per heavy atom. The Balaban J connectivity index is 1.89. The molecular weight excluding hydrogens is 358 g/mol. The highest BCUT2D eigenvalue weighted by atomic mass is 32.2. The molecule has 2 amide bonds. The number of carbonyl (C=O) groups is 3. The maximum absolute atomic E-state index is 12.2. The molecule has 0 spiro atoms. The highest BCUT2D eigenvalue weighted by Gasteiger charge is 2.57. The highest BCUT2D eigenvalue weighted by Crippen LogP contribution is 2.53. The summed E-state index contributed by atoms with van der Waals surface area (Å²) in [6, 6.07) is 8.06. The number of thioether (sulfide) groups is 1. The third kappa shape index (κ3) is 2.83. The van der Waals surface area contributed by atoms with Crippen LogP contribution in [0, 0.1) is 17.2 Å². The zero-order chi connectivity index (χ0) is 19.0. The van der Waals surface area contributed by atoms with E-state index in [2.05, 4.69) is 5.32 Å². The van der Waals surface area contributed by atoms with Crippen LogP contribution in [0.15, 0.2) is 30.0 Å². The molecule has 0 aromatic heterocycles. The molecule has 3 N–H and O–H groups in total. The molecule has 8 nitrogen and oxygen atoms in total. The van der Waals surface area contributed by atoms with Gasteiger partial charge >= 0.3 is 5.97 Å². The molecule has 1 aromatic carbocycles. The number of rotatable bonds is 5. The minimum atomic E-state index is -1.22. The van der Waals surface area contributed by atoms with Gasteiger partial charge in [0.15, 0.2) is 0 Å². The van der Waals surface area contributed by atoms with Crippen LogP contribution in [-0.2, 0) is 9.59 Å². The monoisotopic (exact) mass is 373 g/mol. The molecule has 0 unspecified atom stereocenters. The highest BCUT2D eigenvalue weighted by molar-refractivity contribution is 8.09. The minimum absolute atomic E-state index is 0.107. The number of hydrogen-bond acceptors (Lipinski definition) is 6. The van der Waals surface area contributed by atoms with Crippen molar-refractivity contribution < 1.29 is 24.6 Å². The lowest BCUT2D eigenvalue weighted by Crippen LogP contribution is -2.60. The molecule has 2 aliphatic rings. The summed E-state index contributed by atoms with van der Waals surface area (Å²) < 4.78 is 0. The largest absolute Gasteiger partial charge is 0.477 e. The van der Waals surface area contributed by atoms with Crippen molar-refractivity contribution in [3.8, 4) is 6.07 Å². The van der Waals surface area contributed by atoms with Crippen LogP contribution in [0.2, 0.25) is 0 Å². The second-order valence-corrected chi connectivity index (χ2v) is 7.01. The number of benzene rings is 1. The van der Waals surface area contributed by atoms with Gasteiger partial charge in [-0.05, 0) is 24.6 Å². The molecule has 3 rings (SSSR count). The molecule has 0 saturated carbocycles. The first-order chi connectivity index (χ1) is 12.4. The molecular formula is C17H15N3O5S. The number of nitrogens with one attached hydrogen (secondary N) is 1. The maximum Gasteiger partial charge on any atom is 0.353 e. The molecule has 134 valence electrons. The predicted molar refractivity (Wildman–Crippen MR) is 92.3 cm³/mol. The number of carboxylic acids is 1. The van der Waals surface area contributed by atoms with Crippen LogP contribution in [0.5, 0.6) is 0 Å². The number of hydrogen-bond donors (Lipinski definition) is 3. The van der Waals surface area contributed by atoms with E-state index in [0.29, 0.717) is 16.0 Å². The summed E-state index contributed by atoms with van der Waals surface area (Å²) >= 11 is 1.22. The quantitative estimate of drug-likeness (QED) is 0.509. The van der Waals surface area contributed by atoms with Crippen molar-refractivity contribution in [1.82, 2.24) is 10.2 Å². The molecule has 2 heterocycles. The van der Waals surface area contributed by atoms with Gasteiger partial charge < -0.3 is 15.5 Å². The van der Waals surface area contributed by atoms with E-state index in [1.165, 1.54) is 35.7 Å². The van der Waals surface area contributed by atoms with Crippen LogP contribution in [0.1, 0.15) is 22.8 Å². The van der Waals surface area contributed by atoms with E-state index in [1.54, 1.807) is 12.1 Å². The van der Waals surface area contributed by atoms with Gasteiger partial charge in [-0.3, -0.25) is 14.5 Å². The van der Waals surface area contributed by atoms with Crippen molar-refractivity contribution >= 4 is 34.5 Å². The van der Waals surface area contributed by atoms with Crippen molar-refractivity contribution in [2.75, 3.05) is 6.54 Å². The summed E-state index contributed by atoms with van der Waals surface area (Å²) in [5, 5.41) is 29.7. The van der Waals surface area contributed by atoms with Gasteiger partial charge in [0, 0.05) is 10.5 Å². The lowest BCUT2D eigenvalue weighted by atomic mass is 9.92. The van der Waals surface area contributed by atoms with Gasteiger partial charge in [-0.2, -0.15) is 5.26 Å². The third-order valence-electron chi connectivity index (χ3n) is 4.24. The van der Waals surface area contributed by atoms with Gasteiger partial charge in [-0.15, -0.1) is 0 Å². The molecule has 1 aromatic rings. The van der Waals surface area contributed by atoms with Crippen molar-refractivity contribution in [2.45, 2.75) is 18.4 Å². The summed E-state index contributed by atoms with van der Waals surface area (Å²) in [6.45, 7) is 1.40. The fourth-order valence-corrected chi connectivity index (χ4v) is 4.60. The average Bonchev–Trinajstić information content (AvgIpc) is 2.94. The smallest absolute Gasteiger partial charge is 0.353 e.